The van der Waals surface area contributed by atoms with Crippen LogP contribution in [0.5, 0.6) is 0 Å². The summed E-state index contributed by atoms with van der Waals surface area (Å²) in [6.07, 6.45) is 6.63. The quantitative estimate of drug-likeness (QED) is 0.399. The molecule has 12 heteroatoms. The molecule has 35 heavy (non-hydrogen) atoms. The average Bonchev–Trinajstić information content (AvgIpc) is 3.42. The molecular formula is C23H23ClN8O3. The van der Waals surface area contributed by atoms with Gasteiger partial charge in [0.1, 0.15) is 18.1 Å². The summed E-state index contributed by atoms with van der Waals surface area (Å²) in [6, 6.07) is 7.54. The second-order valence-electron chi connectivity index (χ2n) is 8.20. The largest absolute Gasteiger partial charge is 0.437 e. The van der Waals surface area contributed by atoms with E-state index in [1.54, 1.807) is 29.8 Å². The SMILES string of the molecule is Cc1c(-c2nn(CC(=O)N3CCN(c4cnccn4)CC3)c(=O)o2)ncn1Cc1ccc(Cl)cc1. The van der Waals surface area contributed by atoms with E-state index in [-0.39, 0.29) is 18.3 Å². The topological polar surface area (TPSA) is 115 Å². The van der Waals surface area contributed by atoms with Crippen molar-refractivity contribution in [3.8, 4) is 11.6 Å². The number of piperazine rings is 1. The summed E-state index contributed by atoms with van der Waals surface area (Å²) in [4.78, 5) is 41.8. The lowest BCUT2D eigenvalue weighted by atomic mass is 10.2. The van der Waals surface area contributed by atoms with Crippen LogP contribution in [0.2, 0.25) is 5.02 Å². The Hall–Kier alpha value is -3.99. The van der Waals surface area contributed by atoms with Crippen molar-refractivity contribution in [1.82, 2.24) is 34.2 Å². The van der Waals surface area contributed by atoms with Gasteiger partial charge in [-0.15, -0.1) is 5.10 Å². The molecule has 4 heterocycles. The molecule has 1 aliphatic heterocycles. The number of rotatable bonds is 6. The van der Waals surface area contributed by atoms with Gasteiger partial charge >= 0.3 is 5.76 Å². The first-order valence-corrected chi connectivity index (χ1v) is 11.5. The molecule has 11 nitrogen and oxygen atoms in total. The summed E-state index contributed by atoms with van der Waals surface area (Å²) >= 11 is 5.96. The molecule has 1 saturated heterocycles. The number of carbonyl (C=O) groups excluding carboxylic acids is 1. The fourth-order valence-corrected chi connectivity index (χ4v) is 4.09. The molecule has 1 aliphatic rings. The van der Waals surface area contributed by atoms with Crippen LogP contribution in [0.4, 0.5) is 5.82 Å². The fourth-order valence-electron chi connectivity index (χ4n) is 3.97. The van der Waals surface area contributed by atoms with Gasteiger partial charge < -0.3 is 18.8 Å². The van der Waals surface area contributed by atoms with Crippen LogP contribution in [0.3, 0.4) is 0 Å². The number of carbonyl (C=O) groups is 1. The Labute approximate surface area is 205 Å². The van der Waals surface area contributed by atoms with Gasteiger partial charge in [-0.05, 0) is 24.6 Å². The Morgan fingerprint density at radius 2 is 1.86 bits per heavy atom. The maximum atomic E-state index is 12.8. The van der Waals surface area contributed by atoms with Crippen molar-refractivity contribution >= 4 is 23.3 Å². The zero-order valence-electron chi connectivity index (χ0n) is 19.0. The zero-order chi connectivity index (χ0) is 24.4. The third-order valence-electron chi connectivity index (χ3n) is 5.97. The third kappa shape index (κ3) is 4.94. The Bertz CT molecular complexity index is 1370. The minimum absolute atomic E-state index is 0.0858. The van der Waals surface area contributed by atoms with Gasteiger partial charge in [0.05, 0.1) is 12.5 Å². The molecule has 0 radical (unpaired) electrons. The lowest BCUT2D eigenvalue weighted by Crippen LogP contribution is -2.50. The molecule has 180 valence electrons. The highest BCUT2D eigenvalue weighted by Crippen LogP contribution is 2.20. The first-order chi connectivity index (χ1) is 17.0. The highest BCUT2D eigenvalue weighted by molar-refractivity contribution is 6.30. The smallest absolute Gasteiger partial charge is 0.386 e. The van der Waals surface area contributed by atoms with Crippen LogP contribution in [0.15, 0.2) is 58.4 Å². The predicted octanol–water partition coefficient (Wildman–Crippen LogP) is 1.85. The minimum Gasteiger partial charge on any atom is -0.386 e. The average molecular weight is 495 g/mol. The molecule has 1 amide bonds. The third-order valence-corrected chi connectivity index (χ3v) is 6.22. The van der Waals surface area contributed by atoms with Crippen LogP contribution in [-0.4, -0.2) is 66.3 Å². The van der Waals surface area contributed by atoms with E-state index in [1.807, 2.05) is 35.8 Å². The zero-order valence-corrected chi connectivity index (χ0v) is 19.8. The van der Waals surface area contributed by atoms with Gasteiger partial charge in [0.2, 0.25) is 5.91 Å². The molecule has 0 saturated carbocycles. The van der Waals surface area contributed by atoms with Crippen molar-refractivity contribution in [3.05, 3.63) is 76.0 Å². The van der Waals surface area contributed by atoms with Crippen LogP contribution in [-0.2, 0) is 17.9 Å². The van der Waals surface area contributed by atoms with E-state index in [0.717, 1.165) is 21.8 Å². The van der Waals surface area contributed by atoms with Crippen molar-refractivity contribution in [3.63, 3.8) is 0 Å². The maximum Gasteiger partial charge on any atom is 0.437 e. The highest BCUT2D eigenvalue weighted by Gasteiger charge is 2.24. The predicted molar refractivity (Wildman–Crippen MR) is 128 cm³/mol. The van der Waals surface area contributed by atoms with Gasteiger partial charge in [0.25, 0.3) is 5.89 Å². The van der Waals surface area contributed by atoms with Gasteiger partial charge in [-0.1, -0.05) is 23.7 Å². The molecule has 0 spiro atoms. The number of aromatic nitrogens is 6. The summed E-state index contributed by atoms with van der Waals surface area (Å²) in [7, 11) is 0. The van der Waals surface area contributed by atoms with Crippen LogP contribution >= 0.6 is 11.6 Å². The molecule has 3 aromatic heterocycles. The minimum atomic E-state index is -0.696. The van der Waals surface area contributed by atoms with Crippen molar-refractivity contribution in [2.24, 2.45) is 0 Å². The van der Waals surface area contributed by atoms with Gasteiger partial charge in [-0.2, -0.15) is 4.68 Å². The first-order valence-electron chi connectivity index (χ1n) is 11.1. The molecule has 1 aromatic carbocycles. The summed E-state index contributed by atoms with van der Waals surface area (Å²) in [5.74, 6) is -0.0283. The lowest BCUT2D eigenvalue weighted by molar-refractivity contribution is -0.132. The number of hydrogen-bond acceptors (Lipinski definition) is 8. The monoisotopic (exact) mass is 494 g/mol. The van der Waals surface area contributed by atoms with Crippen LogP contribution in [0.25, 0.3) is 11.6 Å². The normalized spacial score (nSPS) is 13.9. The second-order valence-corrected chi connectivity index (χ2v) is 8.63. The van der Waals surface area contributed by atoms with Gasteiger partial charge in [0, 0.05) is 55.8 Å². The number of anilines is 1. The van der Waals surface area contributed by atoms with Gasteiger partial charge in [0.15, 0.2) is 0 Å². The molecule has 0 N–H and O–H groups in total. The van der Waals surface area contributed by atoms with Crippen molar-refractivity contribution in [2.45, 2.75) is 20.0 Å². The Balaban J connectivity index is 1.24. The van der Waals surface area contributed by atoms with E-state index in [9.17, 15) is 9.59 Å². The standard InChI is InChI=1S/C23H23ClN8O3/c1-16-21(27-15-31(16)13-17-2-4-18(24)5-3-17)22-28-32(23(34)35-22)14-20(33)30-10-8-29(9-11-30)19-12-25-6-7-26-19/h2-7,12,15H,8-11,13-14H2,1H3. The van der Waals surface area contributed by atoms with E-state index < -0.39 is 5.76 Å². The number of nitrogens with zero attached hydrogens (tertiary/aromatic N) is 8. The Kier molecular flexibility index (Phi) is 6.32. The molecular weight excluding hydrogens is 472 g/mol. The summed E-state index contributed by atoms with van der Waals surface area (Å²) in [6.45, 7) is 4.56. The number of amides is 1. The van der Waals surface area contributed by atoms with Crippen LogP contribution in [0, 0.1) is 6.92 Å². The number of benzene rings is 1. The van der Waals surface area contributed by atoms with Crippen molar-refractivity contribution in [1.29, 1.82) is 0 Å². The molecule has 4 aromatic rings. The van der Waals surface area contributed by atoms with Crippen LogP contribution < -0.4 is 10.7 Å². The Morgan fingerprint density at radius 3 is 2.57 bits per heavy atom. The van der Waals surface area contributed by atoms with Gasteiger partial charge in [-0.25, -0.2) is 14.8 Å². The van der Waals surface area contributed by atoms with Crippen molar-refractivity contribution in [2.75, 3.05) is 31.1 Å². The molecule has 0 atom stereocenters. The molecule has 0 unspecified atom stereocenters. The van der Waals surface area contributed by atoms with Crippen LogP contribution in [0.1, 0.15) is 11.3 Å². The maximum absolute atomic E-state index is 12.8. The van der Waals surface area contributed by atoms with E-state index in [0.29, 0.717) is 43.4 Å². The number of hydrogen-bond donors (Lipinski definition) is 0. The fraction of sp³-hybridized carbons (Fsp3) is 0.304. The van der Waals surface area contributed by atoms with E-state index >= 15 is 0 Å². The molecule has 0 bridgehead atoms. The summed E-state index contributed by atoms with van der Waals surface area (Å²) in [5.41, 5.74) is 2.30. The Morgan fingerprint density at radius 1 is 1.09 bits per heavy atom. The van der Waals surface area contributed by atoms with E-state index in [1.165, 1.54) is 0 Å². The van der Waals surface area contributed by atoms with E-state index in [2.05, 4.69) is 25.0 Å². The lowest BCUT2D eigenvalue weighted by Gasteiger charge is -2.35. The van der Waals surface area contributed by atoms with Crippen molar-refractivity contribution < 1.29 is 9.21 Å². The molecule has 5 rings (SSSR count). The summed E-state index contributed by atoms with van der Waals surface area (Å²) < 4.78 is 8.31. The first kappa shape index (κ1) is 22.8. The summed E-state index contributed by atoms with van der Waals surface area (Å²) in [5, 5.41) is 4.91. The van der Waals surface area contributed by atoms with Gasteiger partial charge in [-0.3, -0.25) is 9.78 Å². The number of imidazole rings is 1. The highest BCUT2D eigenvalue weighted by atomic mass is 35.5. The second kappa shape index (κ2) is 9.71. The number of halogens is 1. The molecule has 1 fully saturated rings. The van der Waals surface area contributed by atoms with E-state index in [4.69, 9.17) is 16.0 Å². The molecule has 0 aliphatic carbocycles.